The van der Waals surface area contributed by atoms with Crippen LogP contribution in [-0.4, -0.2) is 48.6 Å². The minimum Gasteiger partial charge on any atom is -0.480 e. The molecule has 0 aromatic rings. The Morgan fingerprint density at radius 1 is 0.758 bits per heavy atom. The number of carbonyl (C=O) groups is 2. The Morgan fingerprint density at radius 2 is 1.21 bits per heavy atom. The molecular formula is C28H54N2O3. The van der Waals surface area contributed by atoms with Crippen LogP contribution in [0.4, 0.5) is 0 Å². The number of nitrogens with zero attached hydrogens (tertiary/aromatic N) is 1. The van der Waals surface area contributed by atoms with E-state index in [0.29, 0.717) is 19.4 Å². The van der Waals surface area contributed by atoms with Crippen LogP contribution in [0, 0.1) is 0 Å². The molecule has 5 nitrogen and oxygen atoms in total. The van der Waals surface area contributed by atoms with Gasteiger partial charge < -0.3 is 10.4 Å². The minimum absolute atomic E-state index is 0.133. The Hall–Kier alpha value is -1.36. The first-order valence-electron chi connectivity index (χ1n) is 13.8. The number of carbonyl (C=O) groups excluding carboxylic acids is 1. The van der Waals surface area contributed by atoms with Crippen molar-refractivity contribution in [2.24, 2.45) is 0 Å². The first-order valence-corrected chi connectivity index (χ1v) is 13.8. The molecule has 0 radical (unpaired) electrons. The van der Waals surface area contributed by atoms with Gasteiger partial charge in [-0.25, -0.2) is 0 Å². The fraction of sp³-hybridized carbons (Fsp3) is 0.857. The second-order valence-electron chi connectivity index (χ2n) is 9.79. The van der Waals surface area contributed by atoms with Gasteiger partial charge in [0.2, 0.25) is 5.91 Å². The van der Waals surface area contributed by atoms with Crippen LogP contribution >= 0.6 is 0 Å². The summed E-state index contributed by atoms with van der Waals surface area (Å²) < 4.78 is 0. The summed E-state index contributed by atoms with van der Waals surface area (Å²) >= 11 is 0. The molecule has 1 amide bonds. The number of carboxylic acid groups (broad SMARTS) is 1. The van der Waals surface area contributed by atoms with Gasteiger partial charge in [-0.05, 0) is 52.6 Å². The zero-order valence-corrected chi connectivity index (χ0v) is 21.9. The van der Waals surface area contributed by atoms with Gasteiger partial charge in [0.05, 0.1) is 0 Å². The van der Waals surface area contributed by atoms with E-state index in [9.17, 15) is 9.59 Å². The molecule has 0 spiro atoms. The highest BCUT2D eigenvalue weighted by molar-refractivity contribution is 5.75. The number of likely N-dealkylation sites (N-methyl/N-ethyl adjacent to an activating group) is 1. The summed E-state index contributed by atoms with van der Waals surface area (Å²) in [5, 5.41) is 12.1. The highest BCUT2D eigenvalue weighted by atomic mass is 16.4. The van der Waals surface area contributed by atoms with Crippen LogP contribution < -0.4 is 5.32 Å². The monoisotopic (exact) mass is 466 g/mol. The lowest BCUT2D eigenvalue weighted by Crippen LogP contribution is -2.35. The molecule has 0 aliphatic rings. The summed E-state index contributed by atoms with van der Waals surface area (Å²) in [4.78, 5) is 24.8. The molecule has 0 rings (SSSR count). The zero-order chi connectivity index (χ0) is 24.6. The van der Waals surface area contributed by atoms with Gasteiger partial charge in [0.15, 0.2) is 0 Å². The number of aliphatic carboxylic acids is 1. The fourth-order valence-corrected chi connectivity index (χ4v) is 4.25. The van der Waals surface area contributed by atoms with Crippen molar-refractivity contribution in [2.45, 2.75) is 134 Å². The number of unbranched alkanes of at least 4 members (excludes halogenated alkanes) is 16. The third kappa shape index (κ3) is 22.2. The normalized spacial score (nSPS) is 12.1. The predicted octanol–water partition coefficient (Wildman–Crippen LogP) is 7.11. The molecular weight excluding hydrogens is 412 g/mol. The summed E-state index contributed by atoms with van der Waals surface area (Å²) in [6.07, 6.45) is 25.9. The molecule has 0 aliphatic heterocycles. The Kier molecular flexibility index (Phi) is 22.8. The van der Waals surface area contributed by atoms with Gasteiger partial charge in [-0.2, -0.15) is 0 Å². The van der Waals surface area contributed by atoms with E-state index in [2.05, 4.69) is 11.9 Å². The molecule has 2 N–H and O–H groups in total. The number of carboxylic acids is 1. The van der Waals surface area contributed by atoms with Crippen molar-refractivity contribution in [2.75, 3.05) is 20.6 Å². The topological polar surface area (TPSA) is 69.6 Å². The van der Waals surface area contributed by atoms with Crippen molar-refractivity contribution in [1.82, 2.24) is 10.2 Å². The lowest BCUT2D eigenvalue weighted by molar-refractivity contribution is -0.142. The van der Waals surface area contributed by atoms with Gasteiger partial charge >= 0.3 is 5.97 Å². The smallest absolute Gasteiger partial charge is 0.320 e. The van der Waals surface area contributed by atoms with Crippen LogP contribution in [0.15, 0.2) is 12.7 Å². The summed E-state index contributed by atoms with van der Waals surface area (Å²) in [6, 6.07) is -0.437. The van der Waals surface area contributed by atoms with E-state index in [1.165, 1.54) is 89.9 Å². The summed E-state index contributed by atoms with van der Waals surface area (Å²) in [5.74, 6) is -0.644. The number of hydrogen-bond donors (Lipinski definition) is 2. The Labute approximate surface area is 204 Å². The maximum atomic E-state index is 11.9. The van der Waals surface area contributed by atoms with Gasteiger partial charge in [0.25, 0.3) is 0 Å². The van der Waals surface area contributed by atoms with Crippen molar-refractivity contribution in [3.63, 3.8) is 0 Å². The quantitative estimate of drug-likeness (QED) is 0.111. The summed E-state index contributed by atoms with van der Waals surface area (Å²) in [5.41, 5.74) is 0. The van der Waals surface area contributed by atoms with Crippen LogP contribution in [0.2, 0.25) is 0 Å². The molecule has 0 aliphatic carbocycles. The SMILES string of the molecule is C=CCCCCCCCCCCCCCCCCCC(=O)NCCCC[C@@H](C(=O)O)N(C)C. The van der Waals surface area contributed by atoms with Crippen molar-refractivity contribution >= 4 is 11.9 Å². The van der Waals surface area contributed by atoms with E-state index in [-0.39, 0.29) is 5.91 Å². The number of hydrogen-bond acceptors (Lipinski definition) is 3. The molecule has 194 valence electrons. The van der Waals surface area contributed by atoms with Crippen LogP contribution in [0.5, 0.6) is 0 Å². The second-order valence-corrected chi connectivity index (χ2v) is 9.79. The lowest BCUT2D eigenvalue weighted by Gasteiger charge is -2.19. The van der Waals surface area contributed by atoms with E-state index in [4.69, 9.17) is 5.11 Å². The molecule has 0 aromatic heterocycles. The number of amides is 1. The summed E-state index contributed by atoms with van der Waals surface area (Å²) in [6.45, 7) is 4.42. The van der Waals surface area contributed by atoms with E-state index < -0.39 is 12.0 Å². The van der Waals surface area contributed by atoms with Crippen LogP contribution in [0.3, 0.4) is 0 Å². The fourth-order valence-electron chi connectivity index (χ4n) is 4.25. The van der Waals surface area contributed by atoms with Gasteiger partial charge in [-0.1, -0.05) is 89.5 Å². The molecule has 0 heterocycles. The molecule has 0 saturated carbocycles. The van der Waals surface area contributed by atoms with E-state index in [1.54, 1.807) is 19.0 Å². The van der Waals surface area contributed by atoms with Crippen molar-refractivity contribution in [3.8, 4) is 0 Å². The Bertz CT molecular complexity index is 480. The zero-order valence-electron chi connectivity index (χ0n) is 21.9. The van der Waals surface area contributed by atoms with Crippen LogP contribution in [-0.2, 0) is 9.59 Å². The van der Waals surface area contributed by atoms with Crippen molar-refractivity contribution < 1.29 is 14.7 Å². The number of rotatable bonds is 25. The molecule has 0 unspecified atom stereocenters. The molecule has 0 aromatic carbocycles. The van der Waals surface area contributed by atoms with Crippen LogP contribution in [0.1, 0.15) is 128 Å². The average molecular weight is 467 g/mol. The first-order chi connectivity index (χ1) is 16.0. The van der Waals surface area contributed by atoms with Gasteiger partial charge in [0.1, 0.15) is 6.04 Å². The summed E-state index contributed by atoms with van der Waals surface area (Å²) in [7, 11) is 3.58. The molecule has 0 fully saturated rings. The van der Waals surface area contributed by atoms with Crippen molar-refractivity contribution in [1.29, 1.82) is 0 Å². The van der Waals surface area contributed by atoms with E-state index in [0.717, 1.165) is 25.7 Å². The maximum Gasteiger partial charge on any atom is 0.320 e. The number of allylic oxidation sites excluding steroid dienone is 1. The van der Waals surface area contributed by atoms with E-state index >= 15 is 0 Å². The standard InChI is InChI=1S/C28H54N2O3/c1-4-5-6-7-8-9-10-11-12-13-14-15-16-17-18-19-20-24-27(31)29-25-22-21-23-26(28(32)33)30(2)3/h4,26H,1,5-25H2,2-3H3,(H,29,31)(H,32,33)/t26-/m0/s1. The van der Waals surface area contributed by atoms with Crippen molar-refractivity contribution in [3.05, 3.63) is 12.7 Å². The number of nitrogens with one attached hydrogen (secondary N) is 1. The minimum atomic E-state index is -0.777. The van der Waals surface area contributed by atoms with Gasteiger partial charge in [0, 0.05) is 13.0 Å². The lowest BCUT2D eigenvalue weighted by atomic mass is 10.0. The second kappa shape index (κ2) is 23.8. The largest absolute Gasteiger partial charge is 0.480 e. The average Bonchev–Trinajstić information content (AvgIpc) is 2.77. The highest BCUT2D eigenvalue weighted by Crippen LogP contribution is 2.14. The van der Waals surface area contributed by atoms with Crippen LogP contribution in [0.25, 0.3) is 0 Å². The molecule has 0 bridgehead atoms. The Morgan fingerprint density at radius 3 is 1.64 bits per heavy atom. The maximum absolute atomic E-state index is 11.9. The first kappa shape index (κ1) is 31.6. The third-order valence-corrected chi connectivity index (χ3v) is 6.45. The molecule has 5 heteroatoms. The van der Waals surface area contributed by atoms with Gasteiger partial charge in [-0.3, -0.25) is 14.5 Å². The predicted molar refractivity (Wildman–Crippen MR) is 141 cm³/mol. The molecule has 1 atom stereocenters. The molecule has 33 heavy (non-hydrogen) atoms. The molecule has 0 saturated heterocycles. The van der Waals surface area contributed by atoms with Gasteiger partial charge in [-0.15, -0.1) is 6.58 Å². The highest BCUT2D eigenvalue weighted by Gasteiger charge is 2.18. The van der Waals surface area contributed by atoms with E-state index in [1.807, 2.05) is 6.08 Å². The Balaban J connectivity index is 3.30. The third-order valence-electron chi connectivity index (χ3n) is 6.45.